The number of benzene rings is 1. The first kappa shape index (κ1) is 13.5. The lowest BCUT2D eigenvalue weighted by Crippen LogP contribution is -2.16. The summed E-state index contributed by atoms with van der Waals surface area (Å²) >= 11 is 5.71. The number of pyridine rings is 1. The number of aromatic nitrogens is 1. The lowest BCUT2D eigenvalue weighted by molar-refractivity contribution is -0.138. The van der Waals surface area contributed by atoms with Gasteiger partial charge in [0.1, 0.15) is 11.7 Å². The Hall–Kier alpha value is -1.94. The first-order valence-corrected chi connectivity index (χ1v) is 6.03. The lowest BCUT2D eigenvalue weighted by Gasteiger charge is -2.12. The minimum absolute atomic E-state index is 0.0522. The second kappa shape index (κ2) is 5.80. The highest BCUT2D eigenvalue weighted by Crippen LogP contribution is 2.22. The molecule has 0 spiro atoms. The van der Waals surface area contributed by atoms with Crippen molar-refractivity contribution in [3.8, 4) is 0 Å². The van der Waals surface area contributed by atoms with Crippen molar-refractivity contribution >= 4 is 17.6 Å². The summed E-state index contributed by atoms with van der Waals surface area (Å²) in [6.45, 7) is 0. The Kier molecular flexibility index (Phi) is 4.12. The average Bonchev–Trinajstić information content (AvgIpc) is 2.39. The monoisotopic (exact) mass is 279 g/mol. The summed E-state index contributed by atoms with van der Waals surface area (Å²) < 4.78 is 13.6. The third kappa shape index (κ3) is 3.29. The molecule has 0 bridgehead atoms. The molecule has 0 saturated heterocycles. The average molecular weight is 280 g/mol. The minimum atomic E-state index is -1.04. The number of aliphatic carboxylic acids is 1. The van der Waals surface area contributed by atoms with Crippen LogP contribution >= 0.6 is 11.6 Å². The maximum atomic E-state index is 13.6. The first-order chi connectivity index (χ1) is 9.08. The van der Waals surface area contributed by atoms with E-state index in [1.807, 2.05) is 0 Å². The van der Waals surface area contributed by atoms with E-state index in [4.69, 9.17) is 11.6 Å². The van der Waals surface area contributed by atoms with E-state index in [2.05, 4.69) is 4.98 Å². The van der Waals surface area contributed by atoms with Gasteiger partial charge < -0.3 is 5.11 Å². The van der Waals surface area contributed by atoms with Crippen LogP contribution in [0.2, 0.25) is 5.02 Å². The van der Waals surface area contributed by atoms with Gasteiger partial charge in [-0.3, -0.25) is 9.78 Å². The molecule has 0 aliphatic rings. The van der Waals surface area contributed by atoms with Crippen LogP contribution in [0.1, 0.15) is 17.2 Å². The normalized spacial score (nSPS) is 12.1. The van der Waals surface area contributed by atoms with Gasteiger partial charge in [-0.25, -0.2) is 4.39 Å². The van der Waals surface area contributed by atoms with Gasteiger partial charge in [-0.2, -0.15) is 0 Å². The molecule has 0 amide bonds. The van der Waals surface area contributed by atoms with Gasteiger partial charge in [0.15, 0.2) is 0 Å². The second-order valence-corrected chi connectivity index (χ2v) is 4.52. The number of hydrogen-bond acceptors (Lipinski definition) is 2. The number of carboxylic acid groups (broad SMARTS) is 1. The second-order valence-electron chi connectivity index (χ2n) is 4.09. The highest BCUT2D eigenvalue weighted by molar-refractivity contribution is 6.30. The highest BCUT2D eigenvalue weighted by Gasteiger charge is 2.22. The molecule has 2 rings (SSSR count). The molecule has 1 aromatic heterocycles. The standard InChI is InChI=1S/C14H11ClFNO2/c15-10-5-6-13(17-8-10)11(14(18)19)7-9-3-1-2-4-12(9)16/h1-6,8,11H,7H2,(H,18,19). The Balaban J connectivity index is 2.29. The van der Waals surface area contributed by atoms with Crippen molar-refractivity contribution in [1.29, 1.82) is 0 Å². The van der Waals surface area contributed by atoms with Gasteiger partial charge >= 0.3 is 5.97 Å². The SMILES string of the molecule is O=C(O)C(Cc1ccccc1F)c1ccc(Cl)cn1. The summed E-state index contributed by atoms with van der Waals surface area (Å²) in [5.41, 5.74) is 0.715. The third-order valence-corrected chi connectivity index (χ3v) is 3.01. The molecule has 0 aliphatic carbocycles. The molecule has 0 radical (unpaired) electrons. The summed E-state index contributed by atoms with van der Waals surface area (Å²) in [7, 11) is 0. The summed E-state index contributed by atoms with van der Waals surface area (Å²) in [6.07, 6.45) is 1.44. The number of rotatable bonds is 4. The predicted molar refractivity (Wildman–Crippen MR) is 69.7 cm³/mol. The molecule has 0 saturated carbocycles. The molecule has 0 fully saturated rings. The van der Waals surface area contributed by atoms with Crippen molar-refractivity contribution in [3.63, 3.8) is 0 Å². The van der Waals surface area contributed by atoms with E-state index < -0.39 is 17.7 Å². The van der Waals surface area contributed by atoms with Crippen LogP contribution in [-0.2, 0) is 11.2 Å². The van der Waals surface area contributed by atoms with Crippen molar-refractivity contribution in [2.45, 2.75) is 12.3 Å². The number of nitrogens with zero attached hydrogens (tertiary/aromatic N) is 1. The van der Waals surface area contributed by atoms with Crippen LogP contribution in [0.4, 0.5) is 4.39 Å². The summed E-state index contributed by atoms with van der Waals surface area (Å²) in [5, 5.41) is 9.68. The molecule has 0 aliphatic heterocycles. The zero-order valence-corrected chi connectivity index (χ0v) is 10.6. The maximum absolute atomic E-state index is 13.6. The fourth-order valence-corrected chi connectivity index (χ4v) is 1.91. The van der Waals surface area contributed by atoms with Crippen LogP contribution in [-0.4, -0.2) is 16.1 Å². The van der Waals surface area contributed by atoms with Crippen LogP contribution in [0.15, 0.2) is 42.6 Å². The molecule has 3 nitrogen and oxygen atoms in total. The van der Waals surface area contributed by atoms with E-state index >= 15 is 0 Å². The molecule has 1 N–H and O–H groups in total. The van der Waals surface area contributed by atoms with Crippen LogP contribution in [0.3, 0.4) is 0 Å². The molecule has 1 aromatic carbocycles. The Morgan fingerprint density at radius 2 is 2.05 bits per heavy atom. The summed E-state index contributed by atoms with van der Waals surface area (Å²) in [6, 6.07) is 9.23. The molecular formula is C14H11ClFNO2. The fraction of sp³-hybridized carbons (Fsp3) is 0.143. The van der Waals surface area contributed by atoms with Crippen molar-refractivity contribution in [3.05, 3.63) is 64.7 Å². The van der Waals surface area contributed by atoms with Crippen LogP contribution in [0.5, 0.6) is 0 Å². The van der Waals surface area contributed by atoms with Crippen molar-refractivity contribution in [2.24, 2.45) is 0 Å². The summed E-state index contributed by atoms with van der Waals surface area (Å²) in [4.78, 5) is 15.3. The molecule has 1 atom stereocenters. The Bertz CT molecular complexity index is 586. The highest BCUT2D eigenvalue weighted by atomic mass is 35.5. The Labute approximate surface area is 114 Å². The van der Waals surface area contributed by atoms with Crippen LogP contribution in [0.25, 0.3) is 0 Å². The number of hydrogen-bond donors (Lipinski definition) is 1. The largest absolute Gasteiger partial charge is 0.481 e. The zero-order valence-electron chi connectivity index (χ0n) is 9.88. The number of carboxylic acids is 1. The molecule has 98 valence electrons. The van der Waals surface area contributed by atoms with Gasteiger partial charge in [0, 0.05) is 6.20 Å². The first-order valence-electron chi connectivity index (χ1n) is 5.65. The van der Waals surface area contributed by atoms with E-state index in [0.29, 0.717) is 16.3 Å². The quantitative estimate of drug-likeness (QED) is 0.934. The number of halogens is 2. The van der Waals surface area contributed by atoms with E-state index in [0.717, 1.165) is 0 Å². The predicted octanol–water partition coefficient (Wildman–Crippen LogP) is 3.29. The number of carbonyl (C=O) groups is 1. The fourth-order valence-electron chi connectivity index (χ4n) is 1.80. The Morgan fingerprint density at radius 3 is 2.63 bits per heavy atom. The summed E-state index contributed by atoms with van der Waals surface area (Å²) in [5.74, 6) is -2.35. The topological polar surface area (TPSA) is 50.2 Å². The molecule has 19 heavy (non-hydrogen) atoms. The van der Waals surface area contributed by atoms with Crippen LogP contribution in [0, 0.1) is 5.82 Å². The molecular weight excluding hydrogens is 269 g/mol. The van der Waals surface area contributed by atoms with Gasteiger partial charge in [-0.05, 0) is 30.2 Å². The van der Waals surface area contributed by atoms with E-state index in [1.54, 1.807) is 30.3 Å². The van der Waals surface area contributed by atoms with Gasteiger partial charge in [-0.1, -0.05) is 29.8 Å². The molecule has 5 heteroatoms. The molecule has 2 aromatic rings. The van der Waals surface area contributed by atoms with Gasteiger partial charge in [0.05, 0.1) is 10.7 Å². The van der Waals surface area contributed by atoms with E-state index in [9.17, 15) is 14.3 Å². The minimum Gasteiger partial charge on any atom is -0.481 e. The molecule has 1 unspecified atom stereocenters. The van der Waals surface area contributed by atoms with Crippen molar-refractivity contribution < 1.29 is 14.3 Å². The Morgan fingerprint density at radius 1 is 1.32 bits per heavy atom. The lowest BCUT2D eigenvalue weighted by atomic mass is 9.95. The van der Waals surface area contributed by atoms with Crippen molar-refractivity contribution in [2.75, 3.05) is 0 Å². The van der Waals surface area contributed by atoms with E-state index in [-0.39, 0.29) is 6.42 Å². The van der Waals surface area contributed by atoms with Crippen LogP contribution < -0.4 is 0 Å². The third-order valence-electron chi connectivity index (χ3n) is 2.79. The van der Waals surface area contributed by atoms with E-state index in [1.165, 1.54) is 12.3 Å². The van der Waals surface area contributed by atoms with Gasteiger partial charge in [0.2, 0.25) is 0 Å². The maximum Gasteiger partial charge on any atom is 0.312 e. The zero-order chi connectivity index (χ0) is 13.8. The van der Waals surface area contributed by atoms with Crippen molar-refractivity contribution in [1.82, 2.24) is 4.98 Å². The van der Waals surface area contributed by atoms with Gasteiger partial charge in [0.25, 0.3) is 0 Å². The molecule has 1 heterocycles. The smallest absolute Gasteiger partial charge is 0.312 e. The van der Waals surface area contributed by atoms with Gasteiger partial charge in [-0.15, -0.1) is 0 Å².